The number of hydrogen-bond donors (Lipinski definition) is 2. The van der Waals surface area contributed by atoms with E-state index in [2.05, 4.69) is 15.0 Å². The average Bonchev–Trinajstić information content (AvgIpc) is 2.61. The largest absolute Gasteiger partial charge is 0.478 e. The Morgan fingerprint density at radius 2 is 1.28 bits per heavy atom. The third-order valence-electron chi connectivity index (χ3n) is 3.33. The molecule has 0 bridgehead atoms. The minimum atomic E-state index is -1.21. The third-order valence-corrected chi connectivity index (χ3v) is 3.33. The van der Waals surface area contributed by atoms with Gasteiger partial charge in [0, 0.05) is 18.5 Å². The first-order valence-corrected chi connectivity index (χ1v) is 7.01. The smallest absolute Gasteiger partial charge is 0.335 e. The summed E-state index contributed by atoms with van der Waals surface area (Å²) in [6, 6.07) is 7.39. The molecular formula is C17H10FN3O4. The molecule has 0 aliphatic heterocycles. The van der Waals surface area contributed by atoms with Gasteiger partial charge in [-0.15, -0.1) is 0 Å². The molecule has 3 heterocycles. The summed E-state index contributed by atoms with van der Waals surface area (Å²) in [6.07, 6.45) is 2.52. The molecule has 0 unspecified atom stereocenters. The molecular weight excluding hydrogens is 329 g/mol. The lowest BCUT2D eigenvalue weighted by Gasteiger charge is -2.07. The molecule has 3 aromatic heterocycles. The highest BCUT2D eigenvalue weighted by Crippen LogP contribution is 2.23. The van der Waals surface area contributed by atoms with Crippen molar-refractivity contribution in [2.75, 3.05) is 0 Å². The Hall–Kier alpha value is -3.68. The number of hydrogen-bond acceptors (Lipinski definition) is 5. The highest BCUT2D eigenvalue weighted by atomic mass is 19.1. The molecule has 0 radical (unpaired) electrons. The van der Waals surface area contributed by atoms with Gasteiger partial charge in [0.15, 0.2) is 0 Å². The Balaban J connectivity index is 2.18. The predicted octanol–water partition coefficient (Wildman–Crippen LogP) is 2.74. The van der Waals surface area contributed by atoms with Crippen molar-refractivity contribution in [3.05, 3.63) is 65.7 Å². The molecule has 8 heteroatoms. The zero-order chi connectivity index (χ0) is 18.0. The fourth-order valence-electron chi connectivity index (χ4n) is 2.16. The highest BCUT2D eigenvalue weighted by Gasteiger charge is 2.14. The van der Waals surface area contributed by atoms with E-state index >= 15 is 0 Å². The Morgan fingerprint density at radius 3 is 1.84 bits per heavy atom. The van der Waals surface area contributed by atoms with E-state index in [0.717, 1.165) is 12.1 Å². The first-order chi connectivity index (χ1) is 11.9. The fraction of sp³-hybridized carbons (Fsp3) is 0. The van der Waals surface area contributed by atoms with Crippen LogP contribution in [0.25, 0.3) is 22.8 Å². The third kappa shape index (κ3) is 3.47. The quantitative estimate of drug-likeness (QED) is 0.751. The maximum Gasteiger partial charge on any atom is 0.335 e. The van der Waals surface area contributed by atoms with Gasteiger partial charge in [0.25, 0.3) is 0 Å². The standard InChI is InChI=1S/C17H10FN3O4/c18-11-2-4-20-13(8-11)15-7-10(17(24)25)6-14(21-15)12-5-9(16(22)23)1-3-19-12/h1-8H,(H,22,23)(H,24,25). The van der Waals surface area contributed by atoms with Crippen LogP contribution in [0, 0.1) is 5.82 Å². The molecule has 25 heavy (non-hydrogen) atoms. The zero-order valence-electron chi connectivity index (χ0n) is 12.5. The van der Waals surface area contributed by atoms with Gasteiger partial charge in [-0.1, -0.05) is 0 Å². The van der Waals surface area contributed by atoms with E-state index in [4.69, 9.17) is 5.11 Å². The van der Waals surface area contributed by atoms with E-state index < -0.39 is 17.8 Å². The first-order valence-electron chi connectivity index (χ1n) is 7.01. The van der Waals surface area contributed by atoms with Crippen molar-refractivity contribution in [1.29, 1.82) is 0 Å². The summed E-state index contributed by atoms with van der Waals surface area (Å²) in [5.41, 5.74) is 0.493. The van der Waals surface area contributed by atoms with Crippen LogP contribution in [-0.4, -0.2) is 37.1 Å². The molecule has 0 atom stereocenters. The van der Waals surface area contributed by atoms with E-state index in [9.17, 15) is 19.1 Å². The Bertz CT molecular complexity index is 991. The Labute approximate surface area is 140 Å². The van der Waals surface area contributed by atoms with Crippen LogP contribution < -0.4 is 0 Å². The van der Waals surface area contributed by atoms with E-state index in [-0.39, 0.29) is 33.9 Å². The molecule has 3 rings (SSSR count). The van der Waals surface area contributed by atoms with Crippen LogP contribution in [-0.2, 0) is 0 Å². The lowest BCUT2D eigenvalue weighted by Crippen LogP contribution is -2.02. The molecule has 0 amide bonds. The second-order valence-electron chi connectivity index (χ2n) is 5.03. The van der Waals surface area contributed by atoms with Crippen molar-refractivity contribution < 1.29 is 24.2 Å². The van der Waals surface area contributed by atoms with Gasteiger partial charge in [-0.2, -0.15) is 0 Å². The van der Waals surface area contributed by atoms with Crippen LogP contribution in [0.2, 0.25) is 0 Å². The average molecular weight is 339 g/mol. The van der Waals surface area contributed by atoms with Gasteiger partial charge in [0.2, 0.25) is 0 Å². The van der Waals surface area contributed by atoms with Crippen LogP contribution in [0.1, 0.15) is 20.7 Å². The maximum absolute atomic E-state index is 13.4. The fourth-order valence-corrected chi connectivity index (χ4v) is 2.16. The molecule has 0 fully saturated rings. The van der Waals surface area contributed by atoms with Gasteiger partial charge >= 0.3 is 11.9 Å². The Morgan fingerprint density at radius 1 is 0.760 bits per heavy atom. The van der Waals surface area contributed by atoms with Gasteiger partial charge in [-0.25, -0.2) is 19.0 Å². The van der Waals surface area contributed by atoms with Gasteiger partial charge in [0.1, 0.15) is 5.82 Å². The molecule has 0 spiro atoms. The topological polar surface area (TPSA) is 113 Å². The lowest BCUT2D eigenvalue weighted by atomic mass is 10.1. The number of rotatable bonds is 4. The van der Waals surface area contributed by atoms with Crippen LogP contribution >= 0.6 is 0 Å². The monoisotopic (exact) mass is 339 g/mol. The molecule has 0 saturated carbocycles. The van der Waals surface area contributed by atoms with E-state index in [1.165, 1.54) is 36.7 Å². The van der Waals surface area contributed by atoms with Crippen molar-refractivity contribution in [2.24, 2.45) is 0 Å². The minimum Gasteiger partial charge on any atom is -0.478 e. The second kappa shape index (κ2) is 6.44. The molecule has 0 saturated heterocycles. The normalized spacial score (nSPS) is 10.4. The summed E-state index contributed by atoms with van der Waals surface area (Å²) in [5, 5.41) is 18.4. The van der Waals surface area contributed by atoms with Gasteiger partial charge < -0.3 is 10.2 Å². The number of halogens is 1. The molecule has 0 aliphatic rings. The zero-order valence-corrected chi connectivity index (χ0v) is 12.5. The summed E-state index contributed by atoms with van der Waals surface area (Å²) >= 11 is 0. The van der Waals surface area contributed by atoms with Crippen molar-refractivity contribution in [3.8, 4) is 22.8 Å². The van der Waals surface area contributed by atoms with Gasteiger partial charge in [-0.3, -0.25) is 9.97 Å². The molecule has 3 aromatic rings. The van der Waals surface area contributed by atoms with Gasteiger partial charge in [-0.05, 0) is 30.3 Å². The van der Waals surface area contributed by atoms with E-state index in [1.807, 2.05) is 0 Å². The van der Waals surface area contributed by atoms with E-state index in [1.54, 1.807) is 0 Å². The van der Waals surface area contributed by atoms with Crippen LogP contribution in [0.15, 0.2) is 48.8 Å². The first kappa shape index (κ1) is 16.2. The lowest BCUT2D eigenvalue weighted by molar-refractivity contribution is 0.0686. The summed E-state index contributed by atoms with van der Waals surface area (Å²) in [5.74, 6) is -2.90. The number of carboxylic acids is 2. The highest BCUT2D eigenvalue weighted by molar-refractivity contribution is 5.91. The van der Waals surface area contributed by atoms with Crippen LogP contribution in [0.4, 0.5) is 4.39 Å². The predicted molar refractivity (Wildman–Crippen MR) is 84.6 cm³/mol. The van der Waals surface area contributed by atoms with E-state index in [0.29, 0.717) is 0 Å². The molecule has 0 aromatic carbocycles. The van der Waals surface area contributed by atoms with Crippen LogP contribution in [0.3, 0.4) is 0 Å². The number of nitrogens with zero attached hydrogens (tertiary/aromatic N) is 3. The van der Waals surface area contributed by atoms with Crippen molar-refractivity contribution in [3.63, 3.8) is 0 Å². The summed E-state index contributed by atoms with van der Waals surface area (Å²) in [4.78, 5) is 34.7. The summed E-state index contributed by atoms with van der Waals surface area (Å²) < 4.78 is 13.4. The Kier molecular flexibility index (Phi) is 4.17. The number of carbonyl (C=O) groups is 2. The molecule has 0 aliphatic carbocycles. The number of pyridine rings is 3. The number of aromatic carboxylic acids is 2. The number of carboxylic acid groups (broad SMARTS) is 2. The SMILES string of the molecule is O=C(O)c1ccnc(-c2cc(C(=O)O)cc(-c3cc(F)ccn3)n2)c1. The maximum atomic E-state index is 13.4. The minimum absolute atomic E-state index is 0.0158. The molecule has 7 nitrogen and oxygen atoms in total. The van der Waals surface area contributed by atoms with Gasteiger partial charge in [0.05, 0.1) is 33.9 Å². The van der Waals surface area contributed by atoms with Crippen molar-refractivity contribution in [2.45, 2.75) is 0 Å². The molecule has 2 N–H and O–H groups in total. The molecule has 124 valence electrons. The number of aromatic nitrogens is 3. The summed E-state index contributed by atoms with van der Waals surface area (Å²) in [6.45, 7) is 0. The second-order valence-corrected chi connectivity index (χ2v) is 5.03. The van der Waals surface area contributed by atoms with Crippen LogP contribution in [0.5, 0.6) is 0 Å². The summed E-state index contributed by atoms with van der Waals surface area (Å²) in [7, 11) is 0. The van der Waals surface area contributed by atoms with Crippen molar-refractivity contribution in [1.82, 2.24) is 15.0 Å². The van der Waals surface area contributed by atoms with Crippen molar-refractivity contribution >= 4 is 11.9 Å².